The second-order valence-corrected chi connectivity index (χ2v) is 8.48. The summed E-state index contributed by atoms with van der Waals surface area (Å²) in [6, 6.07) is 10.7. The van der Waals surface area contributed by atoms with Gasteiger partial charge in [0.1, 0.15) is 5.82 Å². The van der Waals surface area contributed by atoms with Crippen molar-refractivity contribution in [2.45, 2.75) is 23.3 Å². The Balaban J connectivity index is 2.20. The second-order valence-electron chi connectivity index (χ2n) is 4.98. The normalized spacial score (nSPS) is 12.9. The molecule has 1 aromatic heterocycles. The Morgan fingerprint density at radius 3 is 2.54 bits per heavy atom. The lowest BCUT2D eigenvalue weighted by Gasteiger charge is -2.02. The fraction of sp³-hybridized carbons (Fsp3) is 0.188. The fourth-order valence-corrected chi connectivity index (χ4v) is 5.17. The van der Waals surface area contributed by atoms with Gasteiger partial charge in [-0.3, -0.25) is 0 Å². The summed E-state index contributed by atoms with van der Waals surface area (Å²) in [4.78, 5) is 1.50. The number of aromatic nitrogens is 1. The van der Waals surface area contributed by atoms with Crippen LogP contribution in [0.2, 0.25) is 0 Å². The second kappa shape index (κ2) is 6.70. The molecule has 0 aliphatic carbocycles. The third kappa shape index (κ3) is 3.26. The van der Waals surface area contributed by atoms with E-state index < -0.39 is 15.8 Å². The first-order chi connectivity index (χ1) is 11.4. The predicted octanol–water partition coefficient (Wildman–Crippen LogP) is 3.87. The Morgan fingerprint density at radius 1 is 1.21 bits per heavy atom. The van der Waals surface area contributed by atoms with Gasteiger partial charge in [-0.05, 0) is 55.6 Å². The summed E-state index contributed by atoms with van der Waals surface area (Å²) in [5.74, 6) is -0.482. The number of thiazole rings is 1. The van der Waals surface area contributed by atoms with Gasteiger partial charge in [-0.2, -0.15) is 8.42 Å². The zero-order chi connectivity index (χ0) is 17.3. The summed E-state index contributed by atoms with van der Waals surface area (Å²) in [6.45, 7) is 2.55. The zero-order valence-electron chi connectivity index (χ0n) is 13.1. The number of halogens is 1. The van der Waals surface area contributed by atoms with Gasteiger partial charge >= 0.3 is 0 Å². The van der Waals surface area contributed by atoms with Gasteiger partial charge in [0.25, 0.3) is 10.0 Å². The molecule has 2 aromatic carbocycles. The SMILES string of the molecule is CCn1/c(=N/S(=O)(=O)c2ccc(F)cc2)sc2cc(SC)ccc21. The molecular formula is C16H15FN2O2S3. The van der Waals surface area contributed by atoms with Crippen LogP contribution in [0.4, 0.5) is 4.39 Å². The molecule has 0 unspecified atom stereocenters. The number of rotatable bonds is 4. The summed E-state index contributed by atoms with van der Waals surface area (Å²) in [5.41, 5.74) is 0.952. The van der Waals surface area contributed by atoms with Crippen LogP contribution >= 0.6 is 23.1 Å². The number of thioether (sulfide) groups is 1. The van der Waals surface area contributed by atoms with Gasteiger partial charge in [0.2, 0.25) is 4.80 Å². The quantitative estimate of drug-likeness (QED) is 0.644. The summed E-state index contributed by atoms with van der Waals surface area (Å²) in [5, 5.41) is 0. The van der Waals surface area contributed by atoms with Crippen molar-refractivity contribution in [1.82, 2.24) is 4.57 Å². The molecule has 0 saturated heterocycles. The molecule has 0 N–H and O–H groups in total. The third-order valence-corrected chi connectivity index (χ3v) is 6.68. The molecule has 0 spiro atoms. The van der Waals surface area contributed by atoms with Gasteiger partial charge in [-0.15, -0.1) is 16.2 Å². The number of benzene rings is 2. The molecule has 1 heterocycles. The van der Waals surface area contributed by atoms with Crippen molar-refractivity contribution >= 4 is 43.3 Å². The van der Waals surface area contributed by atoms with Crippen LogP contribution in [0.25, 0.3) is 10.2 Å². The van der Waals surface area contributed by atoms with Gasteiger partial charge in [-0.25, -0.2) is 4.39 Å². The standard InChI is InChI=1S/C16H15FN2O2S3/c1-3-19-14-9-6-12(22-2)10-15(14)23-16(19)18-24(20,21)13-7-4-11(17)5-8-13/h4-10H,3H2,1-2H3/b18-16-. The highest BCUT2D eigenvalue weighted by molar-refractivity contribution is 7.98. The molecule has 3 aromatic rings. The van der Waals surface area contributed by atoms with E-state index in [-0.39, 0.29) is 4.90 Å². The van der Waals surface area contributed by atoms with Gasteiger partial charge in [0, 0.05) is 11.4 Å². The molecule has 126 valence electrons. The van der Waals surface area contributed by atoms with E-state index in [0.717, 1.165) is 27.2 Å². The van der Waals surface area contributed by atoms with Crippen molar-refractivity contribution in [3.05, 3.63) is 53.1 Å². The minimum Gasteiger partial charge on any atom is -0.316 e. The fourth-order valence-electron chi connectivity index (χ4n) is 2.32. The molecule has 0 aliphatic heterocycles. The molecule has 0 aliphatic rings. The molecule has 0 saturated carbocycles. The van der Waals surface area contributed by atoms with Crippen molar-refractivity contribution in [1.29, 1.82) is 0 Å². The van der Waals surface area contributed by atoms with Crippen LogP contribution in [0, 0.1) is 5.82 Å². The maximum atomic E-state index is 13.0. The molecule has 4 nitrogen and oxygen atoms in total. The summed E-state index contributed by atoms with van der Waals surface area (Å²) in [6.07, 6.45) is 1.99. The number of fused-ring (bicyclic) bond motifs is 1. The molecule has 0 fully saturated rings. The minimum absolute atomic E-state index is 0.0196. The van der Waals surface area contributed by atoms with Gasteiger partial charge < -0.3 is 4.57 Å². The van der Waals surface area contributed by atoms with E-state index >= 15 is 0 Å². The molecule has 0 bridgehead atoms. The van der Waals surface area contributed by atoms with Crippen molar-refractivity contribution < 1.29 is 12.8 Å². The molecule has 24 heavy (non-hydrogen) atoms. The van der Waals surface area contributed by atoms with E-state index in [4.69, 9.17) is 0 Å². The van der Waals surface area contributed by atoms with E-state index in [9.17, 15) is 12.8 Å². The van der Waals surface area contributed by atoms with Crippen molar-refractivity contribution in [3.63, 3.8) is 0 Å². The van der Waals surface area contributed by atoms with Gasteiger partial charge in [0.15, 0.2) is 0 Å². The highest BCUT2D eigenvalue weighted by atomic mass is 32.2. The maximum Gasteiger partial charge on any atom is 0.285 e. The minimum atomic E-state index is -3.88. The summed E-state index contributed by atoms with van der Waals surface area (Å²) < 4.78 is 44.8. The average Bonchev–Trinajstić information content (AvgIpc) is 2.90. The lowest BCUT2D eigenvalue weighted by molar-refractivity contribution is 0.594. The Morgan fingerprint density at radius 2 is 1.92 bits per heavy atom. The summed E-state index contributed by atoms with van der Waals surface area (Å²) >= 11 is 2.96. The van der Waals surface area contributed by atoms with Crippen LogP contribution in [0.3, 0.4) is 0 Å². The highest BCUT2D eigenvalue weighted by Gasteiger charge is 2.14. The molecule has 0 radical (unpaired) electrons. The first-order valence-corrected chi connectivity index (χ1v) is 10.7. The van der Waals surface area contributed by atoms with E-state index in [1.54, 1.807) is 11.8 Å². The Bertz CT molecular complexity index is 1050. The van der Waals surface area contributed by atoms with Gasteiger partial charge in [-0.1, -0.05) is 11.3 Å². The van der Waals surface area contributed by atoms with Crippen molar-refractivity contribution in [3.8, 4) is 0 Å². The lowest BCUT2D eigenvalue weighted by atomic mass is 10.3. The molecular weight excluding hydrogens is 367 g/mol. The van der Waals surface area contributed by atoms with Crippen LogP contribution in [0.5, 0.6) is 0 Å². The first-order valence-electron chi connectivity index (χ1n) is 7.18. The topological polar surface area (TPSA) is 51.4 Å². The van der Waals surface area contributed by atoms with E-state index in [2.05, 4.69) is 4.40 Å². The third-order valence-electron chi connectivity index (χ3n) is 3.52. The highest BCUT2D eigenvalue weighted by Crippen LogP contribution is 2.24. The van der Waals surface area contributed by atoms with Crippen LogP contribution in [-0.2, 0) is 16.6 Å². The maximum absolute atomic E-state index is 13.0. The van der Waals surface area contributed by atoms with Crippen molar-refractivity contribution in [2.24, 2.45) is 4.40 Å². The number of aryl methyl sites for hydroxylation is 1. The number of hydrogen-bond acceptors (Lipinski definition) is 4. The Hall–Kier alpha value is -1.64. The first kappa shape index (κ1) is 17.2. The van der Waals surface area contributed by atoms with E-state index in [1.807, 2.05) is 35.9 Å². The number of hydrogen-bond donors (Lipinski definition) is 0. The smallest absolute Gasteiger partial charge is 0.285 e. The number of nitrogens with zero attached hydrogens (tertiary/aromatic N) is 2. The Labute approximate surface area is 147 Å². The zero-order valence-corrected chi connectivity index (χ0v) is 15.5. The van der Waals surface area contributed by atoms with E-state index in [1.165, 1.54) is 23.5 Å². The molecule has 0 atom stereocenters. The van der Waals surface area contributed by atoms with Crippen molar-refractivity contribution in [2.75, 3.05) is 6.26 Å². The molecule has 8 heteroatoms. The molecule has 3 rings (SSSR count). The monoisotopic (exact) mass is 382 g/mol. The predicted molar refractivity (Wildman–Crippen MR) is 96.4 cm³/mol. The number of sulfonamides is 1. The van der Waals surface area contributed by atoms with Crippen LogP contribution in [0.1, 0.15) is 6.92 Å². The Kier molecular flexibility index (Phi) is 4.80. The lowest BCUT2D eigenvalue weighted by Crippen LogP contribution is -2.16. The molecule has 0 amide bonds. The van der Waals surface area contributed by atoms with Crippen LogP contribution in [-0.4, -0.2) is 19.2 Å². The van der Waals surface area contributed by atoms with Gasteiger partial charge in [0.05, 0.1) is 15.1 Å². The van der Waals surface area contributed by atoms with Crippen LogP contribution < -0.4 is 4.80 Å². The largest absolute Gasteiger partial charge is 0.316 e. The average molecular weight is 383 g/mol. The van der Waals surface area contributed by atoms with E-state index in [0.29, 0.717) is 11.3 Å². The summed E-state index contributed by atoms with van der Waals surface area (Å²) in [7, 11) is -3.88. The van der Waals surface area contributed by atoms with Crippen LogP contribution in [0.15, 0.2) is 56.7 Å².